The van der Waals surface area contributed by atoms with Gasteiger partial charge in [-0.25, -0.2) is 9.78 Å². The zero-order valence-electron chi connectivity index (χ0n) is 14.5. The van der Waals surface area contributed by atoms with Gasteiger partial charge in [-0.05, 0) is 30.7 Å². The Morgan fingerprint density at radius 1 is 1.23 bits per heavy atom. The van der Waals surface area contributed by atoms with Gasteiger partial charge in [0.1, 0.15) is 17.8 Å². The van der Waals surface area contributed by atoms with Crippen molar-refractivity contribution >= 4 is 6.09 Å². The molecule has 2 aromatic heterocycles. The highest BCUT2D eigenvalue weighted by Crippen LogP contribution is 2.34. The number of H-pyrrole nitrogens is 1. The number of nitrogens with zero attached hydrogens (tertiary/aromatic N) is 3. The molecular weight excluding hydrogens is 334 g/mol. The normalized spacial score (nSPS) is 10.4. The summed E-state index contributed by atoms with van der Waals surface area (Å²) in [4.78, 5) is 20.2. The number of amides is 1. The van der Waals surface area contributed by atoms with Crippen LogP contribution in [0.25, 0.3) is 22.5 Å². The molecule has 0 atom stereocenters. The third kappa shape index (κ3) is 3.97. The van der Waals surface area contributed by atoms with E-state index in [0.717, 1.165) is 23.1 Å². The number of carbonyl (C=O) groups excluding carboxylic acids is 1. The van der Waals surface area contributed by atoms with E-state index in [1.807, 2.05) is 13.0 Å². The molecule has 1 amide bonds. The zero-order chi connectivity index (χ0) is 18.4. The molecule has 134 valence electrons. The second kappa shape index (κ2) is 8.11. The summed E-state index contributed by atoms with van der Waals surface area (Å²) in [6, 6.07) is 7.08. The van der Waals surface area contributed by atoms with Crippen LogP contribution in [0.15, 0.2) is 43.0 Å². The molecule has 26 heavy (non-hydrogen) atoms. The molecule has 0 aliphatic carbocycles. The summed E-state index contributed by atoms with van der Waals surface area (Å²) in [6.45, 7) is 2.53. The van der Waals surface area contributed by atoms with Gasteiger partial charge in [-0.15, -0.1) is 0 Å². The molecule has 0 spiro atoms. The Balaban J connectivity index is 1.92. The van der Waals surface area contributed by atoms with E-state index in [0.29, 0.717) is 23.9 Å². The van der Waals surface area contributed by atoms with Gasteiger partial charge in [-0.3, -0.25) is 10.1 Å². The molecule has 1 aromatic carbocycles. The van der Waals surface area contributed by atoms with Crippen LogP contribution in [-0.2, 0) is 0 Å². The van der Waals surface area contributed by atoms with Crippen molar-refractivity contribution in [1.29, 1.82) is 0 Å². The Kier molecular flexibility index (Phi) is 5.43. The first-order valence-corrected chi connectivity index (χ1v) is 8.16. The van der Waals surface area contributed by atoms with Crippen LogP contribution < -0.4 is 14.8 Å². The minimum absolute atomic E-state index is 0.416. The number of aromatic amines is 1. The molecule has 3 rings (SSSR count). The Morgan fingerprint density at radius 3 is 2.81 bits per heavy atom. The second-order valence-electron chi connectivity index (χ2n) is 5.47. The zero-order valence-corrected chi connectivity index (χ0v) is 14.5. The highest BCUT2D eigenvalue weighted by Gasteiger charge is 2.12. The number of hydrogen-bond donors (Lipinski definition) is 2. The number of methoxy groups -OCH3 is 1. The predicted molar refractivity (Wildman–Crippen MR) is 95.9 cm³/mol. The van der Waals surface area contributed by atoms with Gasteiger partial charge < -0.3 is 14.8 Å². The van der Waals surface area contributed by atoms with Gasteiger partial charge >= 0.3 is 6.09 Å². The lowest BCUT2D eigenvalue weighted by Crippen LogP contribution is -2.27. The number of nitrogens with one attached hydrogen (secondary N) is 2. The van der Waals surface area contributed by atoms with Crippen molar-refractivity contribution in [3.63, 3.8) is 0 Å². The lowest BCUT2D eigenvalue weighted by Gasteiger charge is -2.12. The fraction of sp³-hybridized carbons (Fsp3) is 0.222. The summed E-state index contributed by atoms with van der Waals surface area (Å²) in [7, 11) is 1.58. The van der Waals surface area contributed by atoms with Crippen LogP contribution in [0.2, 0.25) is 0 Å². The lowest BCUT2D eigenvalue weighted by molar-refractivity contribution is 0.200. The first kappa shape index (κ1) is 17.4. The van der Waals surface area contributed by atoms with E-state index in [1.165, 1.54) is 6.33 Å². The number of ether oxygens (including phenoxy) is 2. The number of benzene rings is 1. The smallest absolute Gasteiger partial charge is 0.412 e. The molecule has 2 N–H and O–H groups in total. The molecule has 3 aromatic rings. The molecule has 2 heterocycles. The number of carbonyl (C=O) groups is 1. The monoisotopic (exact) mass is 353 g/mol. The van der Waals surface area contributed by atoms with Crippen LogP contribution in [-0.4, -0.2) is 39.9 Å². The number of hydrogen-bond acceptors (Lipinski definition) is 6. The third-order valence-electron chi connectivity index (χ3n) is 3.64. The number of rotatable bonds is 6. The highest BCUT2D eigenvalue weighted by molar-refractivity contribution is 5.76. The van der Waals surface area contributed by atoms with E-state index >= 15 is 0 Å². The number of aromatic nitrogens is 4. The maximum Gasteiger partial charge on any atom is 0.412 e. The summed E-state index contributed by atoms with van der Waals surface area (Å²) in [6.07, 6.45) is 5.18. The van der Waals surface area contributed by atoms with Crippen molar-refractivity contribution in [3.05, 3.63) is 43.0 Å². The van der Waals surface area contributed by atoms with Gasteiger partial charge in [0, 0.05) is 35.6 Å². The lowest BCUT2D eigenvalue weighted by atomic mass is 10.0. The maximum absolute atomic E-state index is 11.8. The van der Waals surface area contributed by atoms with Gasteiger partial charge in [-0.1, -0.05) is 6.92 Å². The molecule has 0 fully saturated rings. The predicted octanol–water partition coefficient (Wildman–Crippen LogP) is 3.04. The molecular formula is C18H19N5O3. The average Bonchev–Trinajstić information content (AvgIpc) is 3.21. The van der Waals surface area contributed by atoms with E-state index < -0.39 is 6.09 Å². The van der Waals surface area contributed by atoms with Crippen LogP contribution in [0.3, 0.4) is 0 Å². The van der Waals surface area contributed by atoms with Crippen molar-refractivity contribution < 1.29 is 14.3 Å². The largest absolute Gasteiger partial charge is 0.496 e. The van der Waals surface area contributed by atoms with Crippen molar-refractivity contribution in [2.75, 3.05) is 13.7 Å². The quantitative estimate of drug-likeness (QED) is 0.706. The molecule has 0 unspecified atom stereocenters. The van der Waals surface area contributed by atoms with E-state index in [2.05, 4.69) is 25.5 Å². The summed E-state index contributed by atoms with van der Waals surface area (Å²) in [5.41, 5.74) is 2.34. The Labute approximate surface area is 150 Å². The van der Waals surface area contributed by atoms with Crippen LogP contribution in [0.5, 0.6) is 11.5 Å². The summed E-state index contributed by atoms with van der Waals surface area (Å²) in [5, 5.41) is 9.33. The summed E-state index contributed by atoms with van der Waals surface area (Å²) >= 11 is 0. The van der Waals surface area contributed by atoms with Gasteiger partial charge in [-0.2, -0.15) is 5.10 Å². The fourth-order valence-electron chi connectivity index (χ4n) is 2.41. The third-order valence-corrected chi connectivity index (χ3v) is 3.64. The van der Waals surface area contributed by atoms with Crippen molar-refractivity contribution in [1.82, 2.24) is 25.5 Å². The van der Waals surface area contributed by atoms with Crippen LogP contribution >= 0.6 is 0 Å². The van der Waals surface area contributed by atoms with E-state index in [4.69, 9.17) is 9.47 Å². The van der Waals surface area contributed by atoms with E-state index in [1.54, 1.807) is 37.7 Å². The topological polar surface area (TPSA) is 102 Å². The van der Waals surface area contributed by atoms with E-state index in [9.17, 15) is 4.79 Å². The Morgan fingerprint density at radius 2 is 2.08 bits per heavy atom. The van der Waals surface area contributed by atoms with Gasteiger partial charge in [0.25, 0.3) is 0 Å². The average molecular weight is 353 g/mol. The molecule has 0 aliphatic rings. The molecule has 0 bridgehead atoms. The van der Waals surface area contributed by atoms with Crippen LogP contribution in [0.4, 0.5) is 4.79 Å². The second-order valence-corrected chi connectivity index (χ2v) is 5.47. The summed E-state index contributed by atoms with van der Waals surface area (Å²) in [5.74, 6) is 1.67. The van der Waals surface area contributed by atoms with Crippen LogP contribution in [0.1, 0.15) is 13.3 Å². The maximum atomic E-state index is 11.8. The Hall–Kier alpha value is -3.42. The molecule has 8 heteroatoms. The van der Waals surface area contributed by atoms with Crippen molar-refractivity contribution in [2.45, 2.75) is 13.3 Å². The van der Waals surface area contributed by atoms with Gasteiger partial charge in [0.2, 0.25) is 0 Å². The standard InChI is InChI=1S/C18H19N5O3/c1-3-6-20-18(24)26-14-4-5-16(25-2)15(8-14)12-7-13(10-19-9-12)17-21-11-22-23-17/h4-5,7-11H,3,6H2,1-2H3,(H,20,24)(H,21,22,23). The molecule has 0 aliphatic heterocycles. The molecule has 0 saturated carbocycles. The fourth-order valence-corrected chi connectivity index (χ4v) is 2.41. The van der Waals surface area contributed by atoms with E-state index in [-0.39, 0.29) is 0 Å². The van der Waals surface area contributed by atoms with Crippen molar-refractivity contribution in [2.24, 2.45) is 0 Å². The van der Waals surface area contributed by atoms with Crippen molar-refractivity contribution in [3.8, 4) is 34.0 Å². The number of pyridine rings is 1. The molecule has 0 radical (unpaired) electrons. The van der Waals surface area contributed by atoms with Crippen LogP contribution in [0, 0.1) is 0 Å². The minimum atomic E-state index is -0.489. The minimum Gasteiger partial charge on any atom is -0.496 e. The highest BCUT2D eigenvalue weighted by atomic mass is 16.6. The molecule has 8 nitrogen and oxygen atoms in total. The first-order chi connectivity index (χ1) is 12.7. The SMILES string of the molecule is CCCNC(=O)Oc1ccc(OC)c(-c2cncc(-c3ncn[nH]3)c2)c1. The Bertz CT molecular complexity index is 880. The summed E-state index contributed by atoms with van der Waals surface area (Å²) < 4.78 is 10.8. The molecule has 0 saturated heterocycles. The van der Waals surface area contributed by atoms with Gasteiger partial charge in [0.15, 0.2) is 5.82 Å². The van der Waals surface area contributed by atoms with Gasteiger partial charge in [0.05, 0.1) is 7.11 Å². The first-order valence-electron chi connectivity index (χ1n) is 8.16.